The Labute approximate surface area is 142 Å². The molecule has 24 heavy (non-hydrogen) atoms. The second kappa shape index (κ2) is 10.7. The molecule has 0 unspecified atom stereocenters. The highest BCUT2D eigenvalue weighted by molar-refractivity contribution is 5.71. The largest absolute Gasteiger partial charge is 0.508 e. The van der Waals surface area contributed by atoms with Gasteiger partial charge in [-0.3, -0.25) is 0 Å². The first-order chi connectivity index (χ1) is 11.5. The molecule has 4 heteroatoms. The van der Waals surface area contributed by atoms with Crippen LogP contribution < -0.4 is 0 Å². The molecule has 0 saturated heterocycles. The monoisotopic (exact) mass is 326 g/mol. The molecule has 0 amide bonds. The van der Waals surface area contributed by atoms with Crippen molar-refractivity contribution in [2.24, 2.45) is 0 Å². The fourth-order valence-electron chi connectivity index (χ4n) is 1.73. The molecule has 0 aliphatic carbocycles. The van der Waals surface area contributed by atoms with E-state index in [2.05, 4.69) is 13.2 Å². The Kier molecular flexibility index (Phi) is 8.50. The van der Waals surface area contributed by atoms with Crippen molar-refractivity contribution in [3.63, 3.8) is 0 Å². The first kappa shape index (κ1) is 19.1. The zero-order valence-electron chi connectivity index (χ0n) is 13.4. The summed E-state index contributed by atoms with van der Waals surface area (Å²) in [6.45, 7) is 8.18. The van der Waals surface area contributed by atoms with Gasteiger partial charge in [0.25, 0.3) is 0 Å². The Morgan fingerprint density at radius 2 is 1.21 bits per heavy atom. The van der Waals surface area contributed by atoms with E-state index in [-0.39, 0.29) is 17.2 Å². The third kappa shape index (κ3) is 7.87. The van der Waals surface area contributed by atoms with Gasteiger partial charge in [0.2, 0.25) is 0 Å². The van der Waals surface area contributed by atoms with E-state index in [0.717, 1.165) is 5.56 Å². The van der Waals surface area contributed by atoms with Gasteiger partial charge in [0, 0.05) is 6.07 Å². The Balaban J connectivity index is 0.000000351. The first-order valence-corrected chi connectivity index (χ1v) is 7.35. The Bertz CT molecular complexity index is 644. The molecule has 2 aromatic carbocycles. The number of benzene rings is 2. The smallest absolute Gasteiger partial charge is 0.119 e. The summed E-state index contributed by atoms with van der Waals surface area (Å²) in [6.07, 6.45) is 7.02. The minimum Gasteiger partial charge on any atom is -0.508 e. The maximum atomic E-state index is 9.30. The molecule has 0 radical (unpaired) electrons. The van der Waals surface area contributed by atoms with E-state index >= 15 is 0 Å². The topological polar surface area (TPSA) is 69.9 Å². The molecule has 0 heterocycles. The van der Waals surface area contributed by atoms with E-state index in [0.29, 0.717) is 18.8 Å². The Hall–Kier alpha value is -2.98. The molecule has 3 N–H and O–H groups in total. The van der Waals surface area contributed by atoms with Gasteiger partial charge in [-0.05, 0) is 35.4 Å². The van der Waals surface area contributed by atoms with Crippen LogP contribution in [0.4, 0.5) is 0 Å². The van der Waals surface area contributed by atoms with Gasteiger partial charge in [0.1, 0.15) is 17.2 Å². The lowest BCUT2D eigenvalue weighted by Gasteiger charge is -1.98. The molecule has 0 aromatic heterocycles. The summed E-state index contributed by atoms with van der Waals surface area (Å²) in [5.41, 5.74) is 1.63. The zero-order chi connectivity index (χ0) is 17.8. The lowest BCUT2D eigenvalue weighted by molar-refractivity contribution is 0.194. The molecule has 0 aliphatic rings. The minimum absolute atomic E-state index is 0.0235. The van der Waals surface area contributed by atoms with Crippen LogP contribution in [-0.2, 0) is 4.74 Å². The summed E-state index contributed by atoms with van der Waals surface area (Å²) in [5, 5.41) is 27.7. The van der Waals surface area contributed by atoms with E-state index in [1.165, 1.54) is 6.07 Å². The summed E-state index contributed by atoms with van der Waals surface area (Å²) in [5.74, 6) is 0.267. The van der Waals surface area contributed by atoms with E-state index in [1.54, 1.807) is 54.6 Å². The molecule has 0 spiro atoms. The van der Waals surface area contributed by atoms with Gasteiger partial charge < -0.3 is 20.1 Å². The second-order valence-corrected chi connectivity index (χ2v) is 4.82. The number of rotatable bonds is 6. The lowest BCUT2D eigenvalue weighted by Crippen LogP contribution is -1.87. The van der Waals surface area contributed by atoms with Crippen LogP contribution in [-0.4, -0.2) is 28.5 Å². The summed E-state index contributed by atoms with van der Waals surface area (Å²) < 4.78 is 4.90. The first-order valence-electron chi connectivity index (χ1n) is 7.35. The maximum Gasteiger partial charge on any atom is 0.119 e. The van der Waals surface area contributed by atoms with Gasteiger partial charge in [-0.15, -0.1) is 13.2 Å². The van der Waals surface area contributed by atoms with Gasteiger partial charge in [-0.1, -0.05) is 36.4 Å². The van der Waals surface area contributed by atoms with Crippen molar-refractivity contribution in [1.82, 2.24) is 0 Å². The third-order valence-corrected chi connectivity index (χ3v) is 2.76. The quantitative estimate of drug-likeness (QED) is 0.419. The normalized spacial score (nSPS) is 10.0. The summed E-state index contributed by atoms with van der Waals surface area (Å²) in [6, 6.07) is 11.1. The lowest BCUT2D eigenvalue weighted by atomic mass is 10.1. The average molecular weight is 326 g/mol. The van der Waals surface area contributed by atoms with Crippen molar-refractivity contribution in [2.75, 3.05) is 13.2 Å². The van der Waals surface area contributed by atoms with Crippen LogP contribution in [0.15, 0.2) is 67.8 Å². The number of hydrogen-bond donors (Lipinski definition) is 3. The Morgan fingerprint density at radius 3 is 1.71 bits per heavy atom. The summed E-state index contributed by atoms with van der Waals surface area (Å²) in [7, 11) is 0. The molecule has 2 aromatic rings. The summed E-state index contributed by atoms with van der Waals surface area (Å²) in [4.78, 5) is 0. The predicted molar refractivity (Wildman–Crippen MR) is 98.0 cm³/mol. The number of phenols is 3. The van der Waals surface area contributed by atoms with Crippen LogP contribution in [0.5, 0.6) is 17.2 Å². The van der Waals surface area contributed by atoms with Crippen molar-refractivity contribution in [2.45, 2.75) is 0 Å². The van der Waals surface area contributed by atoms with Crippen molar-refractivity contribution in [3.8, 4) is 17.2 Å². The van der Waals surface area contributed by atoms with E-state index in [9.17, 15) is 10.2 Å². The molecule has 4 nitrogen and oxygen atoms in total. The molecule has 2 rings (SSSR count). The van der Waals surface area contributed by atoms with E-state index in [1.807, 2.05) is 6.08 Å². The third-order valence-electron chi connectivity index (χ3n) is 2.76. The van der Waals surface area contributed by atoms with Crippen molar-refractivity contribution >= 4 is 12.2 Å². The summed E-state index contributed by atoms with van der Waals surface area (Å²) >= 11 is 0. The van der Waals surface area contributed by atoms with Crippen LogP contribution in [0.2, 0.25) is 0 Å². The number of phenolic OH excluding ortho intramolecular Hbond substituents is 3. The van der Waals surface area contributed by atoms with Gasteiger partial charge in [0.15, 0.2) is 0 Å². The fourth-order valence-corrected chi connectivity index (χ4v) is 1.73. The van der Waals surface area contributed by atoms with Crippen molar-refractivity contribution in [1.29, 1.82) is 0 Å². The minimum atomic E-state index is 0.0235. The molecular formula is C20H22O4. The van der Waals surface area contributed by atoms with Crippen molar-refractivity contribution in [3.05, 3.63) is 78.9 Å². The molecule has 126 valence electrons. The maximum absolute atomic E-state index is 9.30. The Morgan fingerprint density at radius 1 is 0.708 bits per heavy atom. The van der Waals surface area contributed by atoms with Crippen LogP contribution in [0.3, 0.4) is 0 Å². The highest BCUT2D eigenvalue weighted by Gasteiger charge is 1.95. The number of ether oxygens (including phenoxy) is 1. The van der Waals surface area contributed by atoms with Gasteiger partial charge in [0.05, 0.1) is 13.2 Å². The number of aromatic hydroxyl groups is 3. The highest BCUT2D eigenvalue weighted by Crippen LogP contribution is 2.22. The molecular weight excluding hydrogens is 304 g/mol. The van der Waals surface area contributed by atoms with Gasteiger partial charge in [-0.2, -0.15) is 0 Å². The fraction of sp³-hybridized carbons (Fsp3) is 0.100. The zero-order valence-corrected chi connectivity index (χ0v) is 13.4. The standard InChI is InChI=1S/C14H12O3.C6H10O/c15-12-5-3-10(4-6-12)1-2-11-7-13(16)9-14(17)8-11;1-3-5-7-6-4-2/h1-9,15-17H;3-4H,1-2,5-6H2. The predicted octanol–water partition coefficient (Wildman–Crippen LogP) is 4.35. The SMILES string of the molecule is C=CCOCC=C.Oc1ccc(C=Cc2cc(O)cc(O)c2)cc1. The van der Waals surface area contributed by atoms with Gasteiger partial charge >= 0.3 is 0 Å². The molecule has 0 atom stereocenters. The molecule has 0 bridgehead atoms. The van der Waals surface area contributed by atoms with Gasteiger partial charge in [-0.25, -0.2) is 0 Å². The number of hydrogen-bond acceptors (Lipinski definition) is 4. The van der Waals surface area contributed by atoms with Crippen LogP contribution in [0, 0.1) is 0 Å². The van der Waals surface area contributed by atoms with Crippen LogP contribution in [0.1, 0.15) is 11.1 Å². The molecule has 0 aliphatic heterocycles. The van der Waals surface area contributed by atoms with E-state index in [4.69, 9.17) is 9.84 Å². The van der Waals surface area contributed by atoms with Crippen molar-refractivity contribution < 1.29 is 20.1 Å². The van der Waals surface area contributed by atoms with Crippen LogP contribution >= 0.6 is 0 Å². The second-order valence-electron chi connectivity index (χ2n) is 4.82. The molecule has 0 saturated carbocycles. The van der Waals surface area contributed by atoms with E-state index < -0.39 is 0 Å². The van der Waals surface area contributed by atoms with Crippen LogP contribution in [0.25, 0.3) is 12.2 Å². The average Bonchev–Trinajstić information content (AvgIpc) is 2.55. The molecule has 0 fully saturated rings. The highest BCUT2D eigenvalue weighted by atomic mass is 16.5.